The number of hydrogen-bond donors (Lipinski definition) is 1. The van der Waals surface area contributed by atoms with Gasteiger partial charge >= 0.3 is 0 Å². The average Bonchev–Trinajstić information content (AvgIpc) is 3.09. The van der Waals surface area contributed by atoms with Gasteiger partial charge in [0.05, 0.1) is 6.26 Å². The van der Waals surface area contributed by atoms with E-state index in [0.29, 0.717) is 13.1 Å². The minimum atomic E-state index is -0.296. The first-order valence-corrected chi connectivity index (χ1v) is 8.70. The maximum absolute atomic E-state index is 12.7. The Morgan fingerprint density at radius 1 is 1.20 bits per heavy atom. The first kappa shape index (κ1) is 17.3. The summed E-state index contributed by atoms with van der Waals surface area (Å²) in [6, 6.07) is 11.4. The second-order valence-corrected chi connectivity index (χ2v) is 7.03. The molecule has 0 spiro atoms. The molecule has 132 valence electrons. The van der Waals surface area contributed by atoms with Crippen LogP contribution in [0.15, 0.2) is 47.1 Å². The summed E-state index contributed by atoms with van der Waals surface area (Å²) >= 11 is 0. The van der Waals surface area contributed by atoms with Crippen LogP contribution >= 0.6 is 0 Å². The second-order valence-electron chi connectivity index (χ2n) is 7.03. The summed E-state index contributed by atoms with van der Waals surface area (Å²) in [5.41, 5.74) is 2.26. The van der Waals surface area contributed by atoms with E-state index in [1.165, 1.54) is 11.8 Å². The van der Waals surface area contributed by atoms with E-state index in [4.69, 9.17) is 4.42 Å². The Labute approximate surface area is 148 Å². The zero-order chi connectivity index (χ0) is 17.9. The summed E-state index contributed by atoms with van der Waals surface area (Å²) in [5.74, 6) is -0.00517. The number of para-hydroxylation sites is 1. The maximum atomic E-state index is 12.7. The van der Waals surface area contributed by atoms with Crippen molar-refractivity contribution in [1.29, 1.82) is 0 Å². The SMILES string of the molecule is CC1(C)CCCN(C(=O)CCNC(=O)c2ccco2)c2ccccc21. The molecule has 1 aliphatic heterocycles. The van der Waals surface area contributed by atoms with Crippen LogP contribution in [0.1, 0.15) is 49.2 Å². The monoisotopic (exact) mass is 340 g/mol. The van der Waals surface area contributed by atoms with Crippen LogP contribution in [0.5, 0.6) is 0 Å². The van der Waals surface area contributed by atoms with Crippen molar-refractivity contribution in [2.24, 2.45) is 0 Å². The highest BCUT2D eigenvalue weighted by atomic mass is 16.3. The van der Waals surface area contributed by atoms with Gasteiger partial charge in [-0.2, -0.15) is 0 Å². The van der Waals surface area contributed by atoms with Gasteiger partial charge in [0.15, 0.2) is 5.76 Å². The van der Waals surface area contributed by atoms with Gasteiger partial charge in [0.2, 0.25) is 5.91 Å². The Hall–Kier alpha value is -2.56. The highest BCUT2D eigenvalue weighted by Crippen LogP contribution is 2.38. The number of hydrogen-bond acceptors (Lipinski definition) is 3. The Kier molecular flexibility index (Phi) is 4.93. The van der Waals surface area contributed by atoms with E-state index in [2.05, 4.69) is 25.2 Å². The predicted molar refractivity (Wildman–Crippen MR) is 96.7 cm³/mol. The third kappa shape index (κ3) is 3.76. The summed E-state index contributed by atoms with van der Waals surface area (Å²) in [6.07, 6.45) is 3.73. The number of benzene rings is 1. The van der Waals surface area contributed by atoms with E-state index in [1.807, 2.05) is 23.1 Å². The first-order valence-electron chi connectivity index (χ1n) is 8.70. The van der Waals surface area contributed by atoms with Crippen LogP contribution in [-0.2, 0) is 10.2 Å². The quantitative estimate of drug-likeness (QED) is 0.926. The third-order valence-electron chi connectivity index (χ3n) is 4.78. The molecule has 2 amide bonds. The molecule has 0 aliphatic carbocycles. The van der Waals surface area contributed by atoms with Crippen molar-refractivity contribution in [1.82, 2.24) is 5.32 Å². The molecular weight excluding hydrogens is 316 g/mol. The fourth-order valence-electron chi connectivity index (χ4n) is 3.39. The summed E-state index contributed by atoms with van der Waals surface area (Å²) < 4.78 is 5.05. The van der Waals surface area contributed by atoms with Gasteiger partial charge in [-0.15, -0.1) is 0 Å². The van der Waals surface area contributed by atoms with E-state index in [1.54, 1.807) is 12.1 Å². The number of rotatable bonds is 4. The minimum absolute atomic E-state index is 0.0323. The lowest BCUT2D eigenvalue weighted by atomic mass is 9.80. The zero-order valence-electron chi connectivity index (χ0n) is 14.7. The van der Waals surface area contributed by atoms with Crippen LogP contribution in [-0.4, -0.2) is 24.9 Å². The van der Waals surface area contributed by atoms with Gasteiger partial charge in [-0.25, -0.2) is 0 Å². The summed E-state index contributed by atoms with van der Waals surface area (Å²) in [4.78, 5) is 26.5. The largest absolute Gasteiger partial charge is 0.459 e. The molecule has 0 bridgehead atoms. The number of carbonyl (C=O) groups is 2. The third-order valence-corrected chi connectivity index (χ3v) is 4.78. The second kappa shape index (κ2) is 7.13. The number of carbonyl (C=O) groups excluding carboxylic acids is 2. The van der Waals surface area contributed by atoms with Crippen molar-refractivity contribution in [2.75, 3.05) is 18.0 Å². The molecule has 0 saturated carbocycles. The van der Waals surface area contributed by atoms with Crippen LogP contribution in [0.3, 0.4) is 0 Å². The number of nitrogens with zero attached hydrogens (tertiary/aromatic N) is 1. The molecule has 2 aromatic rings. The molecule has 2 heterocycles. The molecule has 1 aromatic carbocycles. The van der Waals surface area contributed by atoms with Gasteiger partial charge in [-0.05, 0) is 42.0 Å². The van der Waals surface area contributed by atoms with Crippen molar-refractivity contribution in [3.05, 3.63) is 54.0 Å². The van der Waals surface area contributed by atoms with Crippen molar-refractivity contribution in [3.63, 3.8) is 0 Å². The highest BCUT2D eigenvalue weighted by molar-refractivity contribution is 5.95. The number of amides is 2. The number of furan rings is 1. The molecule has 5 nitrogen and oxygen atoms in total. The lowest BCUT2D eigenvalue weighted by Crippen LogP contribution is -2.35. The standard InChI is InChI=1S/C20H24N2O3/c1-20(2)11-6-13-22(16-8-4-3-7-15(16)20)18(23)10-12-21-19(24)17-9-5-14-25-17/h3-5,7-9,14H,6,10-13H2,1-2H3,(H,21,24). The highest BCUT2D eigenvalue weighted by Gasteiger charge is 2.30. The van der Waals surface area contributed by atoms with Gasteiger partial charge < -0.3 is 14.6 Å². The molecule has 0 atom stereocenters. The van der Waals surface area contributed by atoms with Gasteiger partial charge in [0.25, 0.3) is 5.91 Å². The maximum Gasteiger partial charge on any atom is 0.286 e. The number of fused-ring (bicyclic) bond motifs is 1. The lowest BCUT2D eigenvalue weighted by molar-refractivity contribution is -0.118. The molecule has 1 aliphatic rings. The molecular formula is C20H24N2O3. The Morgan fingerprint density at radius 2 is 2.00 bits per heavy atom. The molecule has 0 unspecified atom stereocenters. The van der Waals surface area contributed by atoms with E-state index in [9.17, 15) is 9.59 Å². The van der Waals surface area contributed by atoms with Crippen molar-refractivity contribution < 1.29 is 14.0 Å². The minimum Gasteiger partial charge on any atom is -0.459 e. The predicted octanol–water partition coefficient (Wildman–Crippen LogP) is 3.50. The Morgan fingerprint density at radius 3 is 2.76 bits per heavy atom. The fourth-order valence-corrected chi connectivity index (χ4v) is 3.39. The summed E-state index contributed by atoms with van der Waals surface area (Å²) in [6.45, 7) is 5.46. The lowest BCUT2D eigenvalue weighted by Gasteiger charge is -2.27. The molecule has 1 aromatic heterocycles. The van der Waals surface area contributed by atoms with Crippen LogP contribution in [0, 0.1) is 0 Å². The molecule has 0 saturated heterocycles. The van der Waals surface area contributed by atoms with E-state index in [-0.39, 0.29) is 29.4 Å². The van der Waals surface area contributed by atoms with Gasteiger partial charge in [0, 0.05) is 25.2 Å². The Bertz CT molecular complexity index is 750. The fraction of sp³-hybridized carbons (Fsp3) is 0.400. The zero-order valence-corrected chi connectivity index (χ0v) is 14.7. The van der Waals surface area contributed by atoms with E-state index < -0.39 is 0 Å². The van der Waals surface area contributed by atoms with Gasteiger partial charge in [0.1, 0.15) is 0 Å². The summed E-state index contributed by atoms with van der Waals surface area (Å²) in [7, 11) is 0. The van der Waals surface area contributed by atoms with Crippen molar-refractivity contribution in [2.45, 2.75) is 38.5 Å². The molecule has 0 radical (unpaired) electrons. The number of anilines is 1. The normalized spacial score (nSPS) is 16.0. The Balaban J connectivity index is 1.66. The molecule has 5 heteroatoms. The molecule has 25 heavy (non-hydrogen) atoms. The van der Waals surface area contributed by atoms with E-state index >= 15 is 0 Å². The van der Waals surface area contributed by atoms with Crippen LogP contribution in [0.25, 0.3) is 0 Å². The van der Waals surface area contributed by atoms with Crippen molar-refractivity contribution >= 4 is 17.5 Å². The topological polar surface area (TPSA) is 62.6 Å². The van der Waals surface area contributed by atoms with Crippen LogP contribution < -0.4 is 10.2 Å². The van der Waals surface area contributed by atoms with Crippen LogP contribution in [0.2, 0.25) is 0 Å². The summed E-state index contributed by atoms with van der Waals surface area (Å²) in [5, 5.41) is 2.73. The van der Waals surface area contributed by atoms with Crippen molar-refractivity contribution in [3.8, 4) is 0 Å². The molecule has 0 fully saturated rings. The van der Waals surface area contributed by atoms with E-state index in [0.717, 1.165) is 18.5 Å². The average molecular weight is 340 g/mol. The molecule has 1 N–H and O–H groups in total. The van der Waals surface area contributed by atoms with Gasteiger partial charge in [-0.3, -0.25) is 9.59 Å². The molecule has 3 rings (SSSR count). The van der Waals surface area contributed by atoms with Gasteiger partial charge in [-0.1, -0.05) is 32.0 Å². The number of nitrogens with one attached hydrogen (secondary N) is 1. The smallest absolute Gasteiger partial charge is 0.286 e. The van der Waals surface area contributed by atoms with Crippen LogP contribution in [0.4, 0.5) is 5.69 Å². The first-order chi connectivity index (χ1) is 12.0.